The summed E-state index contributed by atoms with van der Waals surface area (Å²) in [6, 6.07) is 0. The van der Waals surface area contributed by atoms with Gasteiger partial charge < -0.3 is 9.05 Å². The normalized spacial score (nSPS) is 16.9. The molecule has 0 heterocycles. The first-order chi connectivity index (χ1) is 8.06. The van der Waals surface area contributed by atoms with Gasteiger partial charge in [-0.1, -0.05) is 13.8 Å². The van der Waals surface area contributed by atoms with Gasteiger partial charge in [0.25, 0.3) is 0 Å². The predicted octanol–water partition coefficient (Wildman–Crippen LogP) is 2.90. The molecule has 0 aromatic carbocycles. The average Bonchev–Trinajstić information content (AvgIpc) is 2.25. The lowest BCUT2D eigenvalue weighted by Gasteiger charge is -2.29. The third-order valence-electron chi connectivity index (χ3n) is 2.38. The smallest absolute Gasteiger partial charge is 0.311 e. The van der Waals surface area contributed by atoms with Crippen LogP contribution < -0.4 is 4.72 Å². The van der Waals surface area contributed by atoms with Crippen molar-refractivity contribution in [3.05, 3.63) is 0 Å². The lowest BCUT2D eigenvalue weighted by Crippen LogP contribution is -2.40. The van der Waals surface area contributed by atoms with Gasteiger partial charge in [0.1, 0.15) is 5.78 Å². The first kappa shape index (κ1) is 18.3. The Kier molecular flexibility index (Phi) is 7.26. The molecule has 0 radical (unpaired) electrons. The van der Waals surface area contributed by atoms with Gasteiger partial charge in [-0.25, -0.2) is 8.93 Å². The molecule has 110 valence electrons. The Labute approximate surface area is 113 Å². The maximum Gasteiger partial charge on any atom is 0.347 e. The highest BCUT2D eigenvalue weighted by molar-refractivity contribution is 7.84. The highest BCUT2D eigenvalue weighted by Crippen LogP contribution is 2.52. The Morgan fingerprint density at radius 1 is 1.22 bits per heavy atom. The van der Waals surface area contributed by atoms with Crippen LogP contribution in [0, 0.1) is 5.92 Å². The Bertz CT molecular complexity index is 319. The molecule has 0 aromatic heterocycles. The summed E-state index contributed by atoms with van der Waals surface area (Å²) in [7, 11) is -1.90. The quantitative estimate of drug-likeness (QED) is 0.734. The van der Waals surface area contributed by atoms with Gasteiger partial charge in [-0.2, -0.15) is 0 Å². The van der Waals surface area contributed by atoms with Crippen LogP contribution in [-0.4, -0.2) is 29.0 Å². The van der Waals surface area contributed by atoms with E-state index in [0.29, 0.717) is 6.42 Å². The fourth-order valence-corrected chi connectivity index (χ4v) is 4.16. The molecular weight excluding hydrogens is 273 g/mol. The van der Waals surface area contributed by atoms with Gasteiger partial charge in [0.2, 0.25) is 0 Å². The fraction of sp³-hybridized carbons (Fsp3) is 1.00. The topological polar surface area (TPSA) is 64.6 Å². The minimum Gasteiger partial charge on any atom is -0.311 e. The summed E-state index contributed by atoms with van der Waals surface area (Å²) in [5, 5.41) is 0. The van der Waals surface area contributed by atoms with Gasteiger partial charge in [-0.05, 0) is 33.1 Å². The van der Waals surface area contributed by atoms with Crippen molar-refractivity contribution in [3.8, 4) is 0 Å². The molecule has 5 nitrogen and oxygen atoms in total. The summed E-state index contributed by atoms with van der Waals surface area (Å²) >= 11 is 0. The molecule has 1 unspecified atom stereocenters. The van der Waals surface area contributed by atoms with Crippen molar-refractivity contribution in [2.45, 2.75) is 51.6 Å². The van der Waals surface area contributed by atoms with Crippen LogP contribution >= 0.6 is 7.60 Å². The maximum atomic E-state index is 12.4. The summed E-state index contributed by atoms with van der Waals surface area (Å²) in [5.41, 5.74) is 0. The Morgan fingerprint density at radius 2 is 1.67 bits per heavy atom. The molecule has 0 amide bonds. The van der Waals surface area contributed by atoms with E-state index < -0.39 is 29.1 Å². The van der Waals surface area contributed by atoms with E-state index in [1.165, 1.54) is 14.2 Å². The highest BCUT2D eigenvalue weighted by atomic mass is 32.2. The van der Waals surface area contributed by atoms with Crippen molar-refractivity contribution in [1.29, 1.82) is 0 Å². The van der Waals surface area contributed by atoms with Crippen LogP contribution in [0.25, 0.3) is 0 Å². The minimum absolute atomic E-state index is 0.290. The van der Waals surface area contributed by atoms with E-state index in [-0.39, 0.29) is 5.92 Å². The van der Waals surface area contributed by atoms with E-state index in [0.717, 1.165) is 0 Å². The third-order valence-corrected chi connectivity index (χ3v) is 6.29. The lowest BCUT2D eigenvalue weighted by molar-refractivity contribution is 0.258. The monoisotopic (exact) mass is 299 g/mol. The van der Waals surface area contributed by atoms with E-state index >= 15 is 0 Å². The molecule has 0 fully saturated rings. The Morgan fingerprint density at radius 3 is 1.94 bits per heavy atom. The largest absolute Gasteiger partial charge is 0.347 e. The molecule has 2 atom stereocenters. The zero-order valence-electron chi connectivity index (χ0n) is 12.4. The SMILES string of the molecule is COP(=O)(OC)[C@H](CC(C)C)NS(=O)C(C)(C)C. The minimum atomic E-state index is -3.27. The molecule has 0 saturated heterocycles. The second kappa shape index (κ2) is 7.15. The molecule has 0 aromatic rings. The Balaban J connectivity index is 5.02. The van der Waals surface area contributed by atoms with Crippen molar-refractivity contribution < 1.29 is 17.8 Å². The predicted molar refractivity (Wildman–Crippen MR) is 75.9 cm³/mol. The molecule has 0 bridgehead atoms. The molecule has 0 aliphatic carbocycles. The molecule has 1 N–H and O–H groups in total. The summed E-state index contributed by atoms with van der Waals surface area (Å²) in [4.78, 5) is 0. The van der Waals surface area contributed by atoms with Gasteiger partial charge in [-0.15, -0.1) is 0 Å². The van der Waals surface area contributed by atoms with Gasteiger partial charge in [-0.3, -0.25) is 4.57 Å². The highest BCUT2D eigenvalue weighted by Gasteiger charge is 2.37. The summed E-state index contributed by atoms with van der Waals surface area (Å²) in [6.07, 6.45) is 0.570. The second-order valence-corrected chi connectivity index (χ2v) is 9.98. The number of hydrogen-bond donors (Lipinski definition) is 1. The van der Waals surface area contributed by atoms with Gasteiger partial charge in [0.05, 0.1) is 15.7 Å². The number of hydrogen-bond acceptors (Lipinski definition) is 4. The van der Waals surface area contributed by atoms with Crippen molar-refractivity contribution >= 4 is 18.6 Å². The zero-order valence-corrected chi connectivity index (χ0v) is 14.1. The molecule has 0 aliphatic heterocycles. The van der Waals surface area contributed by atoms with E-state index in [1.54, 1.807) is 0 Å². The summed E-state index contributed by atoms with van der Waals surface area (Å²) in [5.74, 6) is -0.273. The van der Waals surface area contributed by atoms with Crippen molar-refractivity contribution in [2.24, 2.45) is 5.92 Å². The fourth-order valence-electron chi connectivity index (χ4n) is 1.32. The zero-order chi connectivity index (χ0) is 14.6. The molecule has 0 aliphatic rings. The van der Waals surface area contributed by atoms with E-state index in [1.807, 2.05) is 34.6 Å². The number of nitrogens with one attached hydrogen (secondary N) is 1. The molecule has 0 rings (SSSR count). The van der Waals surface area contributed by atoms with Crippen LogP contribution in [0.5, 0.6) is 0 Å². The maximum absolute atomic E-state index is 12.4. The molecular formula is C11H26NO4PS. The first-order valence-electron chi connectivity index (χ1n) is 5.96. The summed E-state index contributed by atoms with van der Waals surface area (Å²) < 4.78 is 37.0. The lowest BCUT2D eigenvalue weighted by atomic mass is 10.1. The van der Waals surface area contributed by atoms with Crippen LogP contribution in [-0.2, 0) is 24.6 Å². The van der Waals surface area contributed by atoms with Crippen LogP contribution in [0.2, 0.25) is 0 Å². The second-order valence-electron chi connectivity index (χ2n) is 5.55. The van der Waals surface area contributed by atoms with Crippen LogP contribution in [0.4, 0.5) is 0 Å². The van der Waals surface area contributed by atoms with Gasteiger partial charge >= 0.3 is 7.60 Å². The average molecular weight is 299 g/mol. The van der Waals surface area contributed by atoms with E-state index in [9.17, 15) is 8.77 Å². The molecule has 0 spiro atoms. The van der Waals surface area contributed by atoms with Crippen LogP contribution in [0.15, 0.2) is 0 Å². The van der Waals surface area contributed by atoms with Crippen molar-refractivity contribution in [1.82, 2.24) is 4.72 Å². The Hall–Kier alpha value is 0.260. The molecule has 0 saturated carbocycles. The van der Waals surface area contributed by atoms with Crippen LogP contribution in [0.3, 0.4) is 0 Å². The number of rotatable bonds is 7. The van der Waals surface area contributed by atoms with Gasteiger partial charge in [0, 0.05) is 14.2 Å². The van der Waals surface area contributed by atoms with Crippen LogP contribution in [0.1, 0.15) is 41.0 Å². The standard InChI is InChI=1S/C11H26NO4PS/c1-9(2)8-10(17(13,15-6)16-7)12-18(14)11(3,4)5/h9-10,12H,8H2,1-7H3/t10-,18?/m1/s1. The third kappa shape index (κ3) is 5.49. The molecule has 18 heavy (non-hydrogen) atoms. The van der Waals surface area contributed by atoms with Crippen molar-refractivity contribution in [3.63, 3.8) is 0 Å². The molecule has 7 heteroatoms. The van der Waals surface area contributed by atoms with Crippen molar-refractivity contribution in [2.75, 3.05) is 14.2 Å². The first-order valence-corrected chi connectivity index (χ1v) is 8.72. The summed E-state index contributed by atoms with van der Waals surface area (Å²) in [6.45, 7) is 9.57. The van der Waals surface area contributed by atoms with E-state index in [4.69, 9.17) is 9.05 Å². The van der Waals surface area contributed by atoms with E-state index in [2.05, 4.69) is 4.72 Å². The van der Waals surface area contributed by atoms with Gasteiger partial charge in [0.15, 0.2) is 0 Å².